The molecule has 0 aliphatic rings. The second-order valence-corrected chi connectivity index (χ2v) is 8.04. The van der Waals surface area contributed by atoms with E-state index in [0.717, 1.165) is 16.3 Å². The minimum absolute atomic E-state index is 0.0261. The summed E-state index contributed by atoms with van der Waals surface area (Å²) in [5.74, 6) is -1.21. The molecule has 0 bridgehead atoms. The highest BCUT2D eigenvalue weighted by molar-refractivity contribution is 7.99. The van der Waals surface area contributed by atoms with Crippen molar-refractivity contribution in [1.82, 2.24) is 9.55 Å². The molecule has 0 saturated heterocycles. The van der Waals surface area contributed by atoms with Crippen LogP contribution in [0, 0.1) is 22.9 Å². The molecule has 0 aliphatic heterocycles. The first-order valence-corrected chi connectivity index (χ1v) is 10.8. The summed E-state index contributed by atoms with van der Waals surface area (Å²) in [6.07, 6.45) is 0. The summed E-state index contributed by atoms with van der Waals surface area (Å²) in [6, 6.07) is 16.7. The molecule has 10 heteroatoms. The molecular formula is C23H17FN4O4S. The van der Waals surface area contributed by atoms with Crippen molar-refractivity contribution in [2.45, 2.75) is 12.1 Å². The standard InChI is InChI=1S/C23H17FN4O4S/c1-14-10-11-15(28(31)32)12-19(14)25-21(29)13-33-23-26-18-8-4-2-6-16(18)22(30)27(23)20-9-5-3-7-17(20)24/h2-12H,13H2,1H3,(H,25,29). The predicted molar refractivity (Wildman–Crippen MR) is 124 cm³/mol. The SMILES string of the molecule is Cc1ccc([N+](=O)[O-])cc1NC(=O)CSc1nc2ccccc2c(=O)n1-c1ccccc1F. The maximum Gasteiger partial charge on any atom is 0.271 e. The number of hydrogen-bond donors (Lipinski definition) is 1. The van der Waals surface area contributed by atoms with Crippen LogP contribution in [0.3, 0.4) is 0 Å². The average Bonchev–Trinajstić information content (AvgIpc) is 2.80. The molecule has 0 spiro atoms. The van der Waals surface area contributed by atoms with Crippen LogP contribution in [0.4, 0.5) is 15.8 Å². The average molecular weight is 464 g/mol. The fourth-order valence-corrected chi connectivity index (χ4v) is 4.03. The highest BCUT2D eigenvalue weighted by atomic mass is 32.2. The van der Waals surface area contributed by atoms with Crippen molar-refractivity contribution in [1.29, 1.82) is 0 Å². The molecule has 1 N–H and O–H groups in total. The minimum atomic E-state index is -0.602. The molecule has 0 atom stereocenters. The second kappa shape index (κ2) is 9.21. The lowest BCUT2D eigenvalue weighted by molar-refractivity contribution is -0.384. The molecule has 3 aromatic carbocycles. The first-order valence-electron chi connectivity index (χ1n) is 9.79. The van der Waals surface area contributed by atoms with Crippen LogP contribution in [-0.2, 0) is 4.79 Å². The van der Waals surface area contributed by atoms with Crippen LogP contribution in [-0.4, -0.2) is 26.1 Å². The Kier molecular flexibility index (Phi) is 6.18. The van der Waals surface area contributed by atoms with E-state index in [2.05, 4.69) is 10.3 Å². The fraction of sp³-hybridized carbons (Fsp3) is 0.0870. The van der Waals surface area contributed by atoms with E-state index in [-0.39, 0.29) is 22.3 Å². The number of amides is 1. The summed E-state index contributed by atoms with van der Waals surface area (Å²) in [4.78, 5) is 40.7. The number of nitro benzene ring substituents is 1. The summed E-state index contributed by atoms with van der Waals surface area (Å²) in [5.41, 5.74) is 0.820. The maximum atomic E-state index is 14.5. The molecule has 166 valence electrons. The van der Waals surface area contributed by atoms with Gasteiger partial charge < -0.3 is 5.32 Å². The molecule has 33 heavy (non-hydrogen) atoms. The van der Waals surface area contributed by atoms with Gasteiger partial charge in [-0.25, -0.2) is 9.37 Å². The monoisotopic (exact) mass is 464 g/mol. The number of nitro groups is 1. The summed E-state index contributed by atoms with van der Waals surface area (Å²) in [7, 11) is 0. The number of hydrogen-bond acceptors (Lipinski definition) is 6. The third kappa shape index (κ3) is 4.60. The Labute approximate surface area is 191 Å². The largest absolute Gasteiger partial charge is 0.325 e. The van der Waals surface area contributed by atoms with Crippen LogP contribution in [0.2, 0.25) is 0 Å². The quantitative estimate of drug-likeness (QED) is 0.195. The zero-order chi connectivity index (χ0) is 23.5. The Morgan fingerprint density at radius 3 is 2.64 bits per heavy atom. The molecular weight excluding hydrogens is 447 g/mol. The van der Waals surface area contributed by atoms with E-state index in [1.54, 1.807) is 43.3 Å². The van der Waals surface area contributed by atoms with Crippen molar-refractivity contribution in [3.05, 3.63) is 98.6 Å². The summed E-state index contributed by atoms with van der Waals surface area (Å²) in [5, 5.41) is 14.1. The Morgan fingerprint density at radius 2 is 1.88 bits per heavy atom. The number of rotatable bonds is 6. The Balaban J connectivity index is 1.66. The molecule has 0 radical (unpaired) electrons. The van der Waals surface area contributed by atoms with Crippen molar-refractivity contribution >= 4 is 39.9 Å². The number of fused-ring (bicyclic) bond motifs is 1. The second-order valence-electron chi connectivity index (χ2n) is 7.10. The minimum Gasteiger partial charge on any atom is -0.325 e. The van der Waals surface area contributed by atoms with E-state index in [1.807, 2.05) is 0 Å². The van der Waals surface area contributed by atoms with Crippen LogP contribution in [0.1, 0.15) is 5.56 Å². The van der Waals surface area contributed by atoms with Crippen LogP contribution in [0.5, 0.6) is 0 Å². The van der Waals surface area contributed by atoms with Gasteiger partial charge in [-0.15, -0.1) is 0 Å². The van der Waals surface area contributed by atoms with Crippen molar-refractivity contribution < 1.29 is 14.1 Å². The molecule has 1 amide bonds. The fourth-order valence-electron chi connectivity index (χ4n) is 3.23. The molecule has 1 heterocycles. The van der Waals surface area contributed by atoms with Crippen molar-refractivity contribution in [2.24, 2.45) is 0 Å². The van der Waals surface area contributed by atoms with Gasteiger partial charge in [0.15, 0.2) is 5.16 Å². The number of halogens is 1. The van der Waals surface area contributed by atoms with Gasteiger partial charge in [0.1, 0.15) is 5.82 Å². The molecule has 4 rings (SSSR count). The summed E-state index contributed by atoms with van der Waals surface area (Å²) >= 11 is 0.963. The molecule has 0 saturated carbocycles. The van der Waals surface area contributed by atoms with Crippen LogP contribution in [0.25, 0.3) is 16.6 Å². The van der Waals surface area contributed by atoms with Crippen molar-refractivity contribution in [3.63, 3.8) is 0 Å². The highest BCUT2D eigenvalue weighted by Gasteiger charge is 2.18. The van der Waals surface area contributed by atoms with E-state index < -0.39 is 22.2 Å². The molecule has 0 fully saturated rings. The van der Waals surface area contributed by atoms with Gasteiger partial charge in [-0.1, -0.05) is 42.1 Å². The third-order valence-electron chi connectivity index (χ3n) is 4.88. The highest BCUT2D eigenvalue weighted by Crippen LogP contribution is 2.25. The molecule has 8 nitrogen and oxygen atoms in total. The number of aryl methyl sites for hydroxylation is 1. The Bertz CT molecular complexity index is 1450. The van der Waals surface area contributed by atoms with E-state index in [9.17, 15) is 24.1 Å². The van der Waals surface area contributed by atoms with Gasteiger partial charge in [-0.3, -0.25) is 24.3 Å². The summed E-state index contributed by atoms with van der Waals surface area (Å²) in [6.45, 7) is 1.72. The number of benzene rings is 3. The first-order chi connectivity index (χ1) is 15.8. The molecule has 4 aromatic rings. The van der Waals surface area contributed by atoms with Gasteiger partial charge in [0.2, 0.25) is 5.91 Å². The van der Waals surface area contributed by atoms with Gasteiger partial charge in [0.05, 0.1) is 33.0 Å². The predicted octanol–water partition coefficient (Wildman–Crippen LogP) is 4.47. The number of nitrogens with zero attached hydrogens (tertiary/aromatic N) is 3. The lowest BCUT2D eigenvalue weighted by Crippen LogP contribution is -2.23. The normalized spacial score (nSPS) is 10.8. The van der Waals surface area contributed by atoms with Crippen molar-refractivity contribution in [3.8, 4) is 5.69 Å². The molecule has 1 aromatic heterocycles. The number of carbonyl (C=O) groups excluding carboxylic acids is 1. The number of carbonyl (C=O) groups is 1. The van der Waals surface area contributed by atoms with E-state index in [1.165, 1.54) is 30.3 Å². The number of aromatic nitrogens is 2. The Hall–Kier alpha value is -4.05. The first kappa shape index (κ1) is 22.2. The zero-order valence-corrected chi connectivity index (χ0v) is 18.1. The number of nitrogens with one attached hydrogen (secondary N) is 1. The number of thioether (sulfide) groups is 1. The lowest BCUT2D eigenvalue weighted by Gasteiger charge is -2.14. The number of para-hydroxylation sites is 2. The zero-order valence-electron chi connectivity index (χ0n) is 17.3. The van der Waals surface area contributed by atoms with Gasteiger partial charge in [0, 0.05) is 12.1 Å². The van der Waals surface area contributed by atoms with E-state index in [4.69, 9.17) is 0 Å². The lowest BCUT2D eigenvalue weighted by atomic mass is 10.2. The molecule has 0 aliphatic carbocycles. The van der Waals surface area contributed by atoms with Gasteiger partial charge in [0.25, 0.3) is 11.2 Å². The topological polar surface area (TPSA) is 107 Å². The van der Waals surface area contributed by atoms with E-state index >= 15 is 0 Å². The van der Waals surface area contributed by atoms with Crippen molar-refractivity contribution in [2.75, 3.05) is 11.1 Å². The van der Waals surface area contributed by atoms with Crippen LogP contribution in [0.15, 0.2) is 76.7 Å². The third-order valence-corrected chi connectivity index (χ3v) is 5.82. The summed E-state index contributed by atoms with van der Waals surface area (Å²) < 4.78 is 15.7. The number of anilines is 1. The van der Waals surface area contributed by atoms with Crippen LogP contribution >= 0.6 is 11.8 Å². The van der Waals surface area contributed by atoms with Gasteiger partial charge in [-0.2, -0.15) is 0 Å². The molecule has 0 unspecified atom stereocenters. The Morgan fingerprint density at radius 1 is 1.15 bits per heavy atom. The van der Waals surface area contributed by atoms with Gasteiger partial charge in [-0.05, 0) is 36.8 Å². The van der Waals surface area contributed by atoms with Gasteiger partial charge >= 0.3 is 0 Å². The van der Waals surface area contributed by atoms with E-state index in [0.29, 0.717) is 22.2 Å². The maximum absolute atomic E-state index is 14.5. The smallest absolute Gasteiger partial charge is 0.271 e. The number of non-ortho nitro benzene ring substituents is 1. The van der Waals surface area contributed by atoms with Crippen LogP contribution < -0.4 is 10.9 Å².